The molecule has 1 aliphatic heterocycles. The van der Waals surface area contributed by atoms with Gasteiger partial charge < -0.3 is 15.2 Å². The van der Waals surface area contributed by atoms with Crippen molar-refractivity contribution in [2.24, 2.45) is 0 Å². The van der Waals surface area contributed by atoms with E-state index in [9.17, 15) is 9.90 Å². The van der Waals surface area contributed by atoms with Crippen molar-refractivity contribution in [2.45, 2.75) is 25.2 Å². The molecule has 1 heterocycles. The number of allylic oxidation sites excluding steroid dienone is 2. The first-order valence-corrected chi connectivity index (χ1v) is 10.5. The highest BCUT2D eigenvalue weighted by molar-refractivity contribution is 9.10. The molecule has 2 aliphatic rings. The summed E-state index contributed by atoms with van der Waals surface area (Å²) in [5.74, 6) is 0.420. The summed E-state index contributed by atoms with van der Waals surface area (Å²) in [6.07, 6.45) is 2.29. The summed E-state index contributed by atoms with van der Waals surface area (Å²) >= 11 is 3.45. The number of fused-ring (bicyclic) bond motifs is 3. The van der Waals surface area contributed by atoms with E-state index in [-0.39, 0.29) is 17.5 Å². The fourth-order valence-corrected chi connectivity index (χ4v) is 5.06. The number of halogens is 1. The van der Waals surface area contributed by atoms with Gasteiger partial charge >= 0.3 is 0 Å². The van der Waals surface area contributed by atoms with E-state index in [1.165, 1.54) is 7.11 Å². The number of ether oxygens (including phenoxy) is 1. The zero-order chi connectivity index (χ0) is 20.1. The number of carbonyl (C=O) groups excluding carboxylic acids is 1. The van der Waals surface area contributed by atoms with Gasteiger partial charge in [-0.25, -0.2) is 0 Å². The fraction of sp³-hybridized carbons (Fsp3) is 0.208. The Morgan fingerprint density at radius 3 is 2.79 bits per heavy atom. The molecule has 146 valence electrons. The van der Waals surface area contributed by atoms with Gasteiger partial charge in [-0.15, -0.1) is 0 Å². The quantitative estimate of drug-likeness (QED) is 0.512. The SMILES string of the molecule is COc1cc([C@@H]2C3=C(CCCC3=O)Nc3ccc4ccccc4c32)cc(Br)c1O. The number of methoxy groups -OCH3 is 1. The molecular formula is C24H20BrNO3. The second-order valence-corrected chi connectivity index (χ2v) is 8.38. The Morgan fingerprint density at radius 1 is 1.14 bits per heavy atom. The highest BCUT2D eigenvalue weighted by Crippen LogP contribution is 2.50. The van der Waals surface area contributed by atoms with Crippen molar-refractivity contribution >= 4 is 38.2 Å². The van der Waals surface area contributed by atoms with Crippen molar-refractivity contribution < 1.29 is 14.6 Å². The number of ketones is 1. The molecule has 1 aliphatic carbocycles. The minimum Gasteiger partial charge on any atom is -0.503 e. The molecule has 0 fully saturated rings. The summed E-state index contributed by atoms with van der Waals surface area (Å²) in [6, 6.07) is 16.2. The van der Waals surface area contributed by atoms with Crippen molar-refractivity contribution in [3.05, 3.63) is 75.4 Å². The number of hydrogen-bond acceptors (Lipinski definition) is 4. The Kier molecular flexibility index (Phi) is 4.36. The monoisotopic (exact) mass is 449 g/mol. The van der Waals surface area contributed by atoms with Gasteiger partial charge in [0.1, 0.15) is 0 Å². The number of hydrogen-bond donors (Lipinski definition) is 2. The number of carbonyl (C=O) groups is 1. The van der Waals surface area contributed by atoms with Crippen LogP contribution in [0.15, 0.2) is 64.3 Å². The lowest BCUT2D eigenvalue weighted by molar-refractivity contribution is -0.116. The van der Waals surface area contributed by atoms with Crippen LogP contribution in [-0.2, 0) is 4.79 Å². The number of aromatic hydroxyl groups is 1. The molecule has 0 unspecified atom stereocenters. The molecule has 5 heteroatoms. The van der Waals surface area contributed by atoms with E-state index in [0.29, 0.717) is 16.6 Å². The molecule has 29 heavy (non-hydrogen) atoms. The standard InChI is InChI=1S/C24H20BrNO3/c1-29-20-12-14(11-16(25)24(20)28)21-22-15-6-3-2-5-13(15)9-10-18(22)26-17-7-4-8-19(27)23(17)21/h2-3,5-6,9-12,21,26,28H,4,7-8H2,1H3/t21-/m0/s1. The van der Waals surface area contributed by atoms with Crippen LogP contribution in [-0.4, -0.2) is 18.0 Å². The van der Waals surface area contributed by atoms with Crippen LogP contribution in [0.5, 0.6) is 11.5 Å². The van der Waals surface area contributed by atoms with Crippen LogP contribution in [0, 0.1) is 0 Å². The maximum Gasteiger partial charge on any atom is 0.172 e. The maximum absolute atomic E-state index is 13.1. The molecule has 0 radical (unpaired) electrons. The van der Waals surface area contributed by atoms with Gasteiger partial charge in [-0.3, -0.25) is 4.79 Å². The Morgan fingerprint density at radius 2 is 1.97 bits per heavy atom. The number of Topliss-reactive ketones (excluding diaryl/α,β-unsaturated/α-hetero) is 1. The zero-order valence-electron chi connectivity index (χ0n) is 16.0. The first-order valence-electron chi connectivity index (χ1n) is 9.69. The minimum absolute atomic E-state index is 0.0625. The van der Waals surface area contributed by atoms with Crippen LogP contribution in [0.3, 0.4) is 0 Å². The number of phenolic OH excluding ortho intramolecular Hbond substituents is 1. The minimum atomic E-state index is -0.217. The van der Waals surface area contributed by atoms with Gasteiger partial charge in [-0.1, -0.05) is 30.3 Å². The zero-order valence-corrected chi connectivity index (χ0v) is 17.5. The Hall–Kier alpha value is -2.79. The van der Waals surface area contributed by atoms with Gasteiger partial charge in [0.15, 0.2) is 17.3 Å². The molecule has 0 amide bonds. The molecule has 0 spiro atoms. The van der Waals surface area contributed by atoms with Crippen LogP contribution in [0.25, 0.3) is 10.8 Å². The van der Waals surface area contributed by atoms with Gasteiger partial charge in [-0.2, -0.15) is 0 Å². The summed E-state index contributed by atoms with van der Waals surface area (Å²) in [4.78, 5) is 13.1. The molecule has 4 nitrogen and oxygen atoms in total. The molecule has 5 rings (SSSR count). The average Bonchev–Trinajstić information content (AvgIpc) is 2.74. The van der Waals surface area contributed by atoms with Crippen molar-refractivity contribution in [1.82, 2.24) is 0 Å². The Bertz CT molecular complexity index is 1200. The normalized spacial score (nSPS) is 18.3. The lowest BCUT2D eigenvalue weighted by Crippen LogP contribution is -2.27. The molecule has 0 bridgehead atoms. The van der Waals surface area contributed by atoms with E-state index in [0.717, 1.165) is 51.7 Å². The molecule has 0 aromatic heterocycles. The number of benzene rings is 3. The van der Waals surface area contributed by atoms with Gasteiger partial charge in [0.05, 0.1) is 11.6 Å². The lowest BCUT2D eigenvalue weighted by Gasteiger charge is -2.35. The summed E-state index contributed by atoms with van der Waals surface area (Å²) in [5, 5.41) is 16.1. The third-order valence-corrected chi connectivity index (χ3v) is 6.50. The number of rotatable bonds is 2. The summed E-state index contributed by atoms with van der Waals surface area (Å²) in [7, 11) is 1.54. The third-order valence-electron chi connectivity index (χ3n) is 5.89. The van der Waals surface area contributed by atoms with Crippen LogP contribution >= 0.6 is 15.9 Å². The summed E-state index contributed by atoms with van der Waals surface area (Å²) in [6.45, 7) is 0. The van der Waals surface area contributed by atoms with Crippen LogP contribution < -0.4 is 10.1 Å². The van der Waals surface area contributed by atoms with Crippen LogP contribution in [0.4, 0.5) is 5.69 Å². The van der Waals surface area contributed by atoms with Crippen LogP contribution in [0.1, 0.15) is 36.3 Å². The highest BCUT2D eigenvalue weighted by Gasteiger charge is 2.36. The van der Waals surface area contributed by atoms with Gasteiger partial charge in [0.25, 0.3) is 0 Å². The largest absolute Gasteiger partial charge is 0.503 e. The Labute approximate surface area is 177 Å². The molecule has 3 aromatic carbocycles. The van der Waals surface area contributed by atoms with Gasteiger partial charge in [0, 0.05) is 29.3 Å². The molecule has 3 aromatic rings. The molecular weight excluding hydrogens is 430 g/mol. The van der Waals surface area contributed by atoms with Crippen molar-refractivity contribution in [3.8, 4) is 11.5 Å². The van der Waals surface area contributed by atoms with Crippen molar-refractivity contribution in [2.75, 3.05) is 12.4 Å². The van der Waals surface area contributed by atoms with Gasteiger partial charge in [-0.05, 0) is 68.9 Å². The summed E-state index contributed by atoms with van der Waals surface area (Å²) < 4.78 is 5.95. The molecule has 2 N–H and O–H groups in total. The average molecular weight is 450 g/mol. The first-order chi connectivity index (χ1) is 14.1. The van der Waals surface area contributed by atoms with E-state index in [2.05, 4.69) is 45.5 Å². The fourth-order valence-electron chi connectivity index (χ4n) is 4.60. The molecule has 0 saturated carbocycles. The van der Waals surface area contributed by atoms with Crippen molar-refractivity contribution in [3.63, 3.8) is 0 Å². The number of anilines is 1. The summed E-state index contributed by atoms with van der Waals surface area (Å²) in [5.41, 5.74) is 4.90. The van der Waals surface area contributed by atoms with Crippen LogP contribution in [0.2, 0.25) is 0 Å². The van der Waals surface area contributed by atoms with E-state index in [4.69, 9.17) is 4.74 Å². The lowest BCUT2D eigenvalue weighted by atomic mass is 9.74. The maximum atomic E-state index is 13.1. The third kappa shape index (κ3) is 2.84. The van der Waals surface area contributed by atoms with Gasteiger partial charge in [0.2, 0.25) is 0 Å². The smallest absolute Gasteiger partial charge is 0.172 e. The van der Waals surface area contributed by atoms with Crippen molar-refractivity contribution in [1.29, 1.82) is 0 Å². The highest BCUT2D eigenvalue weighted by atomic mass is 79.9. The van der Waals surface area contributed by atoms with E-state index < -0.39 is 0 Å². The second-order valence-electron chi connectivity index (χ2n) is 7.53. The number of nitrogens with one attached hydrogen (secondary N) is 1. The number of phenols is 1. The topological polar surface area (TPSA) is 58.6 Å². The predicted octanol–water partition coefficient (Wildman–Crippen LogP) is 5.88. The predicted molar refractivity (Wildman–Crippen MR) is 118 cm³/mol. The Balaban J connectivity index is 1.84. The molecule has 0 saturated heterocycles. The van der Waals surface area contributed by atoms with E-state index in [1.54, 1.807) is 0 Å². The second kappa shape index (κ2) is 6.92. The first kappa shape index (κ1) is 18.3. The van der Waals surface area contributed by atoms with E-state index >= 15 is 0 Å². The van der Waals surface area contributed by atoms with E-state index in [1.807, 2.05) is 24.3 Å². The molecule has 1 atom stereocenters.